The van der Waals surface area contributed by atoms with Crippen LogP contribution in [0.4, 0.5) is 4.39 Å². The summed E-state index contributed by atoms with van der Waals surface area (Å²) in [5.74, 6) is 2.57. The van der Waals surface area contributed by atoms with Crippen molar-refractivity contribution in [3.05, 3.63) is 46.3 Å². The van der Waals surface area contributed by atoms with Gasteiger partial charge in [-0.25, -0.2) is 4.39 Å². The lowest BCUT2D eigenvalue weighted by Crippen LogP contribution is -2.39. The molecule has 164 valence electrons. The van der Waals surface area contributed by atoms with Gasteiger partial charge in [0.2, 0.25) is 0 Å². The van der Waals surface area contributed by atoms with Crippen molar-refractivity contribution in [1.82, 2.24) is 25.4 Å². The number of aliphatic imine (C=N–C) groups is 1. The van der Waals surface area contributed by atoms with E-state index in [1.807, 2.05) is 6.92 Å². The van der Waals surface area contributed by atoms with Crippen LogP contribution in [0, 0.1) is 5.82 Å². The molecular weight excluding hydrogens is 403 g/mol. The second-order valence-corrected chi connectivity index (χ2v) is 8.78. The van der Waals surface area contributed by atoms with Gasteiger partial charge >= 0.3 is 0 Å². The van der Waals surface area contributed by atoms with Crippen molar-refractivity contribution in [2.45, 2.75) is 64.8 Å². The first-order chi connectivity index (χ1) is 14.4. The molecule has 3 rings (SSSR count). The summed E-state index contributed by atoms with van der Waals surface area (Å²) in [4.78, 5) is 4.75. The van der Waals surface area contributed by atoms with Crippen LogP contribution in [0.3, 0.4) is 0 Å². The van der Waals surface area contributed by atoms with Gasteiger partial charge in [-0.2, -0.15) is 0 Å². The average molecular weight is 435 g/mol. The first-order valence-corrected chi connectivity index (χ1v) is 11.2. The molecule has 6 nitrogen and oxygen atoms in total. The number of nitrogens with zero attached hydrogens (tertiary/aromatic N) is 4. The summed E-state index contributed by atoms with van der Waals surface area (Å²) < 4.78 is 15.7. The van der Waals surface area contributed by atoms with Crippen molar-refractivity contribution in [1.29, 1.82) is 0 Å². The fourth-order valence-corrected chi connectivity index (χ4v) is 4.19. The van der Waals surface area contributed by atoms with Crippen molar-refractivity contribution >= 4 is 17.6 Å². The number of rotatable bonds is 7. The largest absolute Gasteiger partial charge is 0.357 e. The molecule has 1 aliphatic heterocycles. The standard InChI is InChI=1S/C22H32ClFN6/c1-4-25-21(27-15-22(2,3)17-10-9-16(24)14-18(17)23)26-12-11-20-29-28-19-8-6-5-7-13-30(19)20/h9-10,14H,4-8,11-13,15H2,1-3H3,(H2,25,26,27). The highest BCUT2D eigenvalue weighted by Crippen LogP contribution is 2.30. The third kappa shape index (κ3) is 5.72. The van der Waals surface area contributed by atoms with Crippen LogP contribution in [0.2, 0.25) is 5.02 Å². The van der Waals surface area contributed by atoms with Gasteiger partial charge in [-0.15, -0.1) is 10.2 Å². The van der Waals surface area contributed by atoms with E-state index in [0.29, 0.717) is 11.6 Å². The molecule has 0 radical (unpaired) electrons. The lowest BCUT2D eigenvalue weighted by Gasteiger charge is -2.25. The molecule has 0 saturated carbocycles. The molecule has 0 unspecified atom stereocenters. The Morgan fingerprint density at radius 2 is 2.07 bits per heavy atom. The molecule has 2 aromatic rings. The molecule has 1 aromatic carbocycles. The molecule has 0 fully saturated rings. The normalized spacial score (nSPS) is 14.9. The van der Waals surface area contributed by atoms with Crippen LogP contribution < -0.4 is 10.6 Å². The number of aromatic nitrogens is 3. The number of hydrogen-bond acceptors (Lipinski definition) is 3. The quantitative estimate of drug-likeness (QED) is 0.512. The highest BCUT2D eigenvalue weighted by Gasteiger charge is 2.23. The molecule has 0 atom stereocenters. The Bertz CT molecular complexity index is 877. The molecule has 0 amide bonds. The monoisotopic (exact) mass is 434 g/mol. The highest BCUT2D eigenvalue weighted by molar-refractivity contribution is 6.31. The van der Waals surface area contributed by atoms with E-state index in [9.17, 15) is 4.39 Å². The molecule has 1 aliphatic rings. The molecule has 0 bridgehead atoms. The van der Waals surface area contributed by atoms with E-state index in [2.05, 4.69) is 39.2 Å². The van der Waals surface area contributed by atoms with Crippen LogP contribution in [0.5, 0.6) is 0 Å². The number of fused-ring (bicyclic) bond motifs is 1. The molecule has 0 aliphatic carbocycles. The van der Waals surface area contributed by atoms with Crippen molar-refractivity contribution in [3.63, 3.8) is 0 Å². The van der Waals surface area contributed by atoms with Gasteiger partial charge in [-0.1, -0.05) is 37.9 Å². The van der Waals surface area contributed by atoms with Crippen LogP contribution in [-0.4, -0.2) is 40.4 Å². The third-order valence-corrected chi connectivity index (χ3v) is 5.78. The Balaban J connectivity index is 1.61. The highest BCUT2D eigenvalue weighted by atomic mass is 35.5. The summed E-state index contributed by atoms with van der Waals surface area (Å²) in [6.07, 6.45) is 5.46. The molecule has 0 saturated heterocycles. The number of guanidine groups is 1. The van der Waals surface area contributed by atoms with E-state index < -0.39 is 0 Å². The molecule has 30 heavy (non-hydrogen) atoms. The fourth-order valence-electron chi connectivity index (χ4n) is 3.76. The molecule has 2 N–H and O–H groups in total. The van der Waals surface area contributed by atoms with Gasteiger partial charge in [0.15, 0.2) is 5.96 Å². The minimum Gasteiger partial charge on any atom is -0.357 e. The Kier molecular flexibility index (Phi) is 7.69. The number of hydrogen-bond donors (Lipinski definition) is 2. The van der Waals surface area contributed by atoms with E-state index >= 15 is 0 Å². The summed E-state index contributed by atoms with van der Waals surface area (Å²) in [6.45, 7) is 9.19. The first-order valence-electron chi connectivity index (χ1n) is 10.8. The van der Waals surface area contributed by atoms with Gasteiger partial charge < -0.3 is 15.2 Å². The van der Waals surface area contributed by atoms with Crippen molar-refractivity contribution in [3.8, 4) is 0 Å². The van der Waals surface area contributed by atoms with Crippen LogP contribution in [0.1, 0.15) is 57.2 Å². The molecular formula is C22H32ClFN6. The summed E-state index contributed by atoms with van der Waals surface area (Å²) in [5, 5.41) is 15.9. The van der Waals surface area contributed by atoms with E-state index in [1.165, 1.54) is 31.4 Å². The minimum absolute atomic E-state index is 0.322. The zero-order chi connectivity index (χ0) is 21.6. The van der Waals surface area contributed by atoms with Crippen LogP contribution >= 0.6 is 11.6 Å². The SMILES string of the molecule is CCNC(=NCC(C)(C)c1ccc(F)cc1Cl)NCCc1nnc2n1CCCCC2. The zero-order valence-corrected chi connectivity index (χ0v) is 18.9. The van der Waals surface area contributed by atoms with E-state index in [4.69, 9.17) is 16.6 Å². The molecule has 1 aromatic heterocycles. The number of aryl methyl sites for hydroxylation is 1. The fraction of sp³-hybridized carbons (Fsp3) is 0.591. The second-order valence-electron chi connectivity index (χ2n) is 8.37. The molecule has 8 heteroatoms. The van der Waals surface area contributed by atoms with E-state index in [1.54, 1.807) is 6.07 Å². The van der Waals surface area contributed by atoms with Crippen molar-refractivity contribution in [2.75, 3.05) is 19.6 Å². The third-order valence-electron chi connectivity index (χ3n) is 5.46. The van der Waals surface area contributed by atoms with E-state index in [-0.39, 0.29) is 11.2 Å². The second kappa shape index (κ2) is 10.2. The number of nitrogens with one attached hydrogen (secondary N) is 2. The van der Waals surface area contributed by atoms with Gasteiger partial charge in [0.05, 0.1) is 6.54 Å². The van der Waals surface area contributed by atoms with Gasteiger partial charge in [0, 0.05) is 42.9 Å². The topological polar surface area (TPSA) is 67.1 Å². The predicted molar refractivity (Wildman–Crippen MR) is 120 cm³/mol. The molecule has 0 spiro atoms. The summed E-state index contributed by atoms with van der Waals surface area (Å²) >= 11 is 6.27. The lowest BCUT2D eigenvalue weighted by molar-refractivity contribution is 0.534. The average Bonchev–Trinajstić information content (AvgIpc) is 2.92. The van der Waals surface area contributed by atoms with Crippen LogP contribution in [0.25, 0.3) is 0 Å². The molecule has 2 heterocycles. The zero-order valence-electron chi connectivity index (χ0n) is 18.1. The summed E-state index contributed by atoms with van der Waals surface area (Å²) in [7, 11) is 0. The van der Waals surface area contributed by atoms with Gasteiger partial charge in [-0.3, -0.25) is 4.99 Å². The van der Waals surface area contributed by atoms with E-state index in [0.717, 1.165) is 55.6 Å². The Hall–Kier alpha value is -2.15. The Morgan fingerprint density at radius 1 is 1.23 bits per heavy atom. The van der Waals surface area contributed by atoms with Gasteiger partial charge in [0.1, 0.15) is 17.5 Å². The Morgan fingerprint density at radius 3 is 2.83 bits per heavy atom. The van der Waals surface area contributed by atoms with Crippen LogP contribution in [-0.2, 0) is 24.8 Å². The van der Waals surface area contributed by atoms with Gasteiger partial charge in [0.25, 0.3) is 0 Å². The Labute approximate surface area is 183 Å². The maximum Gasteiger partial charge on any atom is 0.191 e. The summed E-state index contributed by atoms with van der Waals surface area (Å²) in [5.41, 5.74) is 0.564. The smallest absolute Gasteiger partial charge is 0.191 e. The lowest BCUT2D eigenvalue weighted by atomic mass is 9.84. The predicted octanol–water partition coefficient (Wildman–Crippen LogP) is 3.87. The van der Waals surface area contributed by atoms with Crippen LogP contribution in [0.15, 0.2) is 23.2 Å². The maximum absolute atomic E-state index is 13.4. The maximum atomic E-state index is 13.4. The first kappa shape index (κ1) is 22.5. The number of halogens is 2. The summed E-state index contributed by atoms with van der Waals surface area (Å²) in [6, 6.07) is 4.54. The number of benzene rings is 1. The van der Waals surface area contributed by atoms with Crippen molar-refractivity contribution in [2.24, 2.45) is 4.99 Å². The van der Waals surface area contributed by atoms with Gasteiger partial charge in [-0.05, 0) is 37.5 Å². The minimum atomic E-state index is -0.329. The van der Waals surface area contributed by atoms with Crippen molar-refractivity contribution < 1.29 is 4.39 Å².